The molecule has 4 rings (SSSR count). The quantitative estimate of drug-likeness (QED) is 0.793. The number of carbonyl (C=O) groups excluding carboxylic acids is 3. The second-order valence-corrected chi connectivity index (χ2v) is 6.31. The Labute approximate surface area is 145 Å². The zero-order valence-corrected chi connectivity index (χ0v) is 14.0. The molecule has 2 aliphatic heterocycles. The van der Waals surface area contributed by atoms with Gasteiger partial charge >= 0.3 is 0 Å². The molecule has 0 aliphatic carbocycles. The lowest BCUT2D eigenvalue weighted by molar-refractivity contribution is -0.118. The minimum atomic E-state index is -0.315. The van der Waals surface area contributed by atoms with Gasteiger partial charge in [0.15, 0.2) is 0 Å². The van der Waals surface area contributed by atoms with Crippen molar-refractivity contribution < 1.29 is 14.4 Å². The zero-order chi connectivity index (χ0) is 17.6. The van der Waals surface area contributed by atoms with Crippen molar-refractivity contribution in [1.82, 2.24) is 0 Å². The number of rotatable bonds is 2. The van der Waals surface area contributed by atoms with Crippen LogP contribution < -0.4 is 9.80 Å². The molecule has 0 bridgehead atoms. The number of anilines is 2. The minimum Gasteiger partial charge on any atom is -0.312 e. The van der Waals surface area contributed by atoms with Gasteiger partial charge in [-0.1, -0.05) is 25.1 Å². The molecule has 0 N–H and O–H groups in total. The second kappa shape index (κ2) is 5.84. The number of fused-ring (bicyclic) bond motifs is 2. The highest BCUT2D eigenvalue weighted by atomic mass is 16.2. The maximum atomic E-state index is 12.7. The fourth-order valence-corrected chi connectivity index (χ4v) is 3.58. The molecule has 0 saturated heterocycles. The number of hydrogen-bond donors (Lipinski definition) is 0. The molecule has 0 aromatic heterocycles. The smallest absolute Gasteiger partial charge is 0.266 e. The molecule has 0 radical (unpaired) electrons. The van der Waals surface area contributed by atoms with Gasteiger partial charge < -0.3 is 4.90 Å². The first kappa shape index (κ1) is 15.6. The highest BCUT2D eigenvalue weighted by Crippen LogP contribution is 2.35. The molecule has 2 aromatic rings. The number of carbonyl (C=O) groups is 3. The van der Waals surface area contributed by atoms with Gasteiger partial charge in [-0.15, -0.1) is 0 Å². The van der Waals surface area contributed by atoms with Crippen LogP contribution in [0.25, 0.3) is 0 Å². The van der Waals surface area contributed by atoms with Crippen molar-refractivity contribution in [3.8, 4) is 0 Å². The lowest BCUT2D eigenvalue weighted by Gasteiger charge is -2.30. The van der Waals surface area contributed by atoms with Crippen LogP contribution in [0.2, 0.25) is 0 Å². The van der Waals surface area contributed by atoms with Gasteiger partial charge in [0.05, 0.1) is 16.8 Å². The average Bonchev–Trinajstić information content (AvgIpc) is 2.91. The van der Waals surface area contributed by atoms with Crippen molar-refractivity contribution >= 4 is 29.1 Å². The maximum Gasteiger partial charge on any atom is 0.266 e. The van der Waals surface area contributed by atoms with Crippen molar-refractivity contribution in [2.45, 2.75) is 26.2 Å². The molecule has 5 heteroatoms. The van der Waals surface area contributed by atoms with E-state index < -0.39 is 0 Å². The third-order valence-corrected chi connectivity index (χ3v) is 4.84. The molecule has 2 heterocycles. The highest BCUT2D eigenvalue weighted by molar-refractivity contribution is 6.34. The Kier molecular flexibility index (Phi) is 3.64. The Morgan fingerprint density at radius 3 is 2.36 bits per heavy atom. The van der Waals surface area contributed by atoms with E-state index in [0.717, 1.165) is 24.1 Å². The lowest BCUT2D eigenvalue weighted by Crippen LogP contribution is -2.35. The summed E-state index contributed by atoms with van der Waals surface area (Å²) >= 11 is 0. The summed E-state index contributed by atoms with van der Waals surface area (Å²) in [6.07, 6.45) is 2.24. The van der Waals surface area contributed by atoms with Gasteiger partial charge in [0.25, 0.3) is 11.8 Å². The van der Waals surface area contributed by atoms with Crippen LogP contribution in [0.5, 0.6) is 0 Å². The molecule has 0 saturated carbocycles. The summed E-state index contributed by atoms with van der Waals surface area (Å²) in [5, 5.41) is 0. The van der Waals surface area contributed by atoms with Crippen LogP contribution in [0.3, 0.4) is 0 Å². The minimum absolute atomic E-state index is 0.0560. The van der Waals surface area contributed by atoms with Crippen molar-refractivity contribution in [2.75, 3.05) is 16.3 Å². The summed E-state index contributed by atoms with van der Waals surface area (Å²) in [5.41, 5.74) is 3.25. The number of nitrogens with zero attached hydrogens (tertiary/aromatic N) is 2. The zero-order valence-electron chi connectivity index (χ0n) is 14.0. The van der Waals surface area contributed by atoms with Gasteiger partial charge in [-0.25, -0.2) is 4.90 Å². The Hall–Kier alpha value is -2.95. The third kappa shape index (κ3) is 2.35. The second-order valence-electron chi connectivity index (χ2n) is 6.31. The molecule has 0 fully saturated rings. The first-order valence-corrected chi connectivity index (χ1v) is 8.53. The normalized spacial score (nSPS) is 16.0. The van der Waals surface area contributed by atoms with Crippen LogP contribution in [0.4, 0.5) is 11.4 Å². The Morgan fingerprint density at radius 2 is 1.72 bits per heavy atom. The monoisotopic (exact) mass is 334 g/mol. The van der Waals surface area contributed by atoms with E-state index >= 15 is 0 Å². The van der Waals surface area contributed by atoms with Crippen LogP contribution in [0.15, 0.2) is 42.5 Å². The van der Waals surface area contributed by atoms with Crippen LogP contribution in [0, 0.1) is 0 Å². The molecule has 0 spiro atoms. The number of benzene rings is 2. The number of aryl methyl sites for hydroxylation is 1. The predicted octanol–water partition coefficient (Wildman–Crippen LogP) is 3.18. The summed E-state index contributed by atoms with van der Waals surface area (Å²) in [6, 6.07) is 12.3. The third-order valence-electron chi connectivity index (χ3n) is 4.84. The first-order chi connectivity index (χ1) is 12.1. The van der Waals surface area contributed by atoms with E-state index in [1.165, 1.54) is 4.90 Å². The Balaban J connectivity index is 1.77. The van der Waals surface area contributed by atoms with E-state index in [9.17, 15) is 14.4 Å². The maximum absolute atomic E-state index is 12.7. The van der Waals surface area contributed by atoms with Crippen LogP contribution >= 0.6 is 0 Å². The number of imide groups is 1. The first-order valence-electron chi connectivity index (χ1n) is 8.53. The standard InChI is InChI=1S/C20H18N2O3/c1-2-18(23)21-11-5-6-13-9-10-14(12-17(13)21)22-19(24)15-7-3-4-8-16(15)20(22)25/h3-4,7-10,12H,2,5-6,11H2,1H3. The molecule has 0 atom stereocenters. The molecule has 2 aliphatic rings. The SMILES string of the molecule is CCC(=O)N1CCCc2ccc(N3C(=O)c4ccccc4C3=O)cc21. The summed E-state index contributed by atoms with van der Waals surface area (Å²) in [5.74, 6) is -0.574. The number of amides is 3. The van der Waals surface area contributed by atoms with E-state index in [1.807, 2.05) is 13.0 Å². The average molecular weight is 334 g/mol. The van der Waals surface area contributed by atoms with Gasteiger partial charge in [-0.3, -0.25) is 14.4 Å². The molecule has 0 unspecified atom stereocenters. The van der Waals surface area contributed by atoms with Gasteiger partial charge in [0.2, 0.25) is 5.91 Å². The van der Waals surface area contributed by atoms with Crippen LogP contribution in [-0.4, -0.2) is 24.3 Å². The van der Waals surface area contributed by atoms with Crippen LogP contribution in [-0.2, 0) is 11.2 Å². The van der Waals surface area contributed by atoms with E-state index in [1.54, 1.807) is 41.3 Å². The Bertz CT molecular complexity index is 869. The van der Waals surface area contributed by atoms with E-state index in [-0.39, 0.29) is 17.7 Å². The van der Waals surface area contributed by atoms with Crippen LogP contribution in [0.1, 0.15) is 46.0 Å². The fraction of sp³-hybridized carbons (Fsp3) is 0.250. The molecular weight excluding hydrogens is 316 g/mol. The topological polar surface area (TPSA) is 57.7 Å². The van der Waals surface area contributed by atoms with Gasteiger partial charge in [-0.2, -0.15) is 0 Å². The fourth-order valence-electron chi connectivity index (χ4n) is 3.58. The molecule has 25 heavy (non-hydrogen) atoms. The van der Waals surface area contributed by atoms with Gasteiger partial charge in [-0.05, 0) is 42.7 Å². The largest absolute Gasteiger partial charge is 0.312 e. The van der Waals surface area contributed by atoms with E-state index in [2.05, 4.69) is 0 Å². The predicted molar refractivity (Wildman–Crippen MR) is 95.0 cm³/mol. The lowest BCUT2D eigenvalue weighted by atomic mass is 10.0. The number of hydrogen-bond acceptors (Lipinski definition) is 3. The Morgan fingerprint density at radius 1 is 1.04 bits per heavy atom. The van der Waals surface area contributed by atoms with Gasteiger partial charge in [0, 0.05) is 18.7 Å². The summed E-state index contributed by atoms with van der Waals surface area (Å²) in [4.78, 5) is 40.6. The van der Waals surface area contributed by atoms with Gasteiger partial charge in [0.1, 0.15) is 0 Å². The highest BCUT2D eigenvalue weighted by Gasteiger charge is 2.37. The van der Waals surface area contributed by atoms with E-state index in [4.69, 9.17) is 0 Å². The molecule has 126 valence electrons. The van der Waals surface area contributed by atoms with E-state index in [0.29, 0.717) is 29.8 Å². The molecule has 2 aromatic carbocycles. The summed E-state index contributed by atoms with van der Waals surface area (Å²) < 4.78 is 0. The summed E-state index contributed by atoms with van der Waals surface area (Å²) in [7, 11) is 0. The van der Waals surface area contributed by atoms with Crippen molar-refractivity contribution in [2.24, 2.45) is 0 Å². The molecular formula is C20H18N2O3. The summed E-state index contributed by atoms with van der Waals surface area (Å²) in [6.45, 7) is 2.51. The van der Waals surface area contributed by atoms with Crippen molar-refractivity contribution in [1.29, 1.82) is 0 Å². The van der Waals surface area contributed by atoms with Crippen molar-refractivity contribution in [3.05, 3.63) is 59.2 Å². The molecule has 3 amide bonds. The van der Waals surface area contributed by atoms with Crippen molar-refractivity contribution in [3.63, 3.8) is 0 Å². The molecule has 5 nitrogen and oxygen atoms in total.